The van der Waals surface area contributed by atoms with Crippen LogP contribution < -0.4 is 0 Å². The zero-order chi connectivity index (χ0) is 12.8. The normalized spacial score (nSPS) is 11.0. The molecule has 0 aromatic carbocycles. The first-order valence-corrected chi connectivity index (χ1v) is 9.44. The van der Waals surface area contributed by atoms with Crippen molar-refractivity contribution < 1.29 is 0 Å². The van der Waals surface area contributed by atoms with Crippen molar-refractivity contribution in [2.75, 3.05) is 0 Å². The summed E-state index contributed by atoms with van der Waals surface area (Å²) < 4.78 is 2.50. The van der Waals surface area contributed by atoms with Crippen LogP contribution in [0.15, 0.2) is 31.8 Å². The molecule has 2 aromatic rings. The number of aryl methyl sites for hydroxylation is 2. The summed E-state index contributed by atoms with van der Waals surface area (Å²) in [7, 11) is 0. The third-order valence-corrected chi connectivity index (χ3v) is 6.22. The maximum atomic E-state index is 3.51. The molecule has 0 N–H and O–H groups in total. The van der Waals surface area contributed by atoms with Gasteiger partial charge in [0.2, 0.25) is 0 Å². The van der Waals surface area contributed by atoms with E-state index in [-0.39, 0.29) is 0 Å². The van der Waals surface area contributed by atoms with Crippen molar-refractivity contribution in [2.45, 2.75) is 38.5 Å². The Kier molecular flexibility index (Phi) is 6.42. The average Bonchev–Trinajstić information content (AvgIpc) is 2.93. The Morgan fingerprint density at radius 2 is 1.11 bits per heavy atom. The molecule has 0 aliphatic heterocycles. The molecule has 2 rings (SSSR count). The molecule has 0 saturated carbocycles. The van der Waals surface area contributed by atoms with Crippen molar-refractivity contribution in [3.8, 4) is 0 Å². The lowest BCUT2D eigenvalue weighted by Gasteiger charge is -1.99. The molecule has 0 aliphatic rings. The number of halogens is 2. The van der Waals surface area contributed by atoms with Crippen LogP contribution in [0.1, 0.15) is 35.4 Å². The highest BCUT2D eigenvalue weighted by Crippen LogP contribution is 2.25. The van der Waals surface area contributed by atoms with Gasteiger partial charge in [-0.15, -0.1) is 22.7 Å². The molecule has 0 amide bonds. The molecule has 2 heterocycles. The predicted molar refractivity (Wildman–Crippen MR) is 89.9 cm³/mol. The van der Waals surface area contributed by atoms with Crippen molar-refractivity contribution in [1.82, 2.24) is 0 Å². The standard InChI is InChI=1S/C14H16Br2S2/c15-13-9-7-11(17-13)5-3-1-2-4-6-12-8-10-14(16)18-12/h7-10H,1-6H2. The fraction of sp³-hybridized carbons (Fsp3) is 0.429. The molecule has 0 radical (unpaired) electrons. The lowest BCUT2D eigenvalue weighted by atomic mass is 10.1. The van der Waals surface area contributed by atoms with Crippen LogP contribution in [0.3, 0.4) is 0 Å². The first-order chi connectivity index (χ1) is 8.74. The van der Waals surface area contributed by atoms with Crippen LogP contribution in [0.2, 0.25) is 0 Å². The molecule has 0 aliphatic carbocycles. The third kappa shape index (κ3) is 5.16. The number of hydrogen-bond donors (Lipinski definition) is 0. The van der Waals surface area contributed by atoms with Gasteiger partial charge >= 0.3 is 0 Å². The van der Waals surface area contributed by atoms with E-state index in [0.717, 1.165) is 0 Å². The Balaban J connectivity index is 1.54. The number of hydrogen-bond acceptors (Lipinski definition) is 2. The lowest BCUT2D eigenvalue weighted by molar-refractivity contribution is 0.645. The van der Waals surface area contributed by atoms with E-state index in [1.807, 2.05) is 22.7 Å². The van der Waals surface area contributed by atoms with Gasteiger partial charge in [0.1, 0.15) is 0 Å². The van der Waals surface area contributed by atoms with Gasteiger partial charge in [-0.3, -0.25) is 0 Å². The Hall–Kier alpha value is 0.360. The molecule has 0 atom stereocenters. The monoisotopic (exact) mass is 406 g/mol. The Morgan fingerprint density at radius 3 is 1.44 bits per heavy atom. The summed E-state index contributed by atoms with van der Waals surface area (Å²) in [5.41, 5.74) is 0. The SMILES string of the molecule is Brc1ccc(CCCCCCc2ccc(Br)s2)s1. The van der Waals surface area contributed by atoms with Gasteiger partial charge in [0, 0.05) is 9.75 Å². The second-order valence-corrected chi connectivity index (χ2v) is 9.42. The molecule has 0 saturated heterocycles. The molecule has 0 spiro atoms. The minimum absolute atomic E-state index is 1.24. The van der Waals surface area contributed by atoms with E-state index in [1.54, 1.807) is 0 Å². The molecule has 0 unspecified atom stereocenters. The molecule has 0 fully saturated rings. The van der Waals surface area contributed by atoms with Gasteiger partial charge in [-0.05, 0) is 81.8 Å². The van der Waals surface area contributed by atoms with Crippen LogP contribution >= 0.6 is 54.5 Å². The Morgan fingerprint density at radius 1 is 0.667 bits per heavy atom. The zero-order valence-electron chi connectivity index (χ0n) is 10.1. The smallest absolute Gasteiger partial charge is 0.0701 e. The lowest BCUT2D eigenvalue weighted by Crippen LogP contribution is -1.84. The average molecular weight is 408 g/mol. The van der Waals surface area contributed by atoms with E-state index in [0.29, 0.717) is 0 Å². The summed E-state index contributed by atoms with van der Waals surface area (Å²) >= 11 is 10.7. The summed E-state index contributed by atoms with van der Waals surface area (Å²) in [5, 5.41) is 0. The van der Waals surface area contributed by atoms with Gasteiger partial charge in [0.15, 0.2) is 0 Å². The third-order valence-electron chi connectivity index (χ3n) is 2.85. The molecule has 0 nitrogen and oxygen atoms in total. The van der Waals surface area contributed by atoms with Gasteiger partial charge in [0.05, 0.1) is 7.57 Å². The second-order valence-electron chi connectivity index (χ2n) is 4.33. The van der Waals surface area contributed by atoms with Gasteiger partial charge in [-0.1, -0.05) is 12.8 Å². The van der Waals surface area contributed by atoms with E-state index in [2.05, 4.69) is 56.1 Å². The maximum absolute atomic E-state index is 3.51. The number of unbranched alkanes of at least 4 members (excludes halogenated alkanes) is 3. The first-order valence-electron chi connectivity index (χ1n) is 6.22. The van der Waals surface area contributed by atoms with E-state index in [1.165, 1.54) is 55.9 Å². The molecular weight excluding hydrogens is 392 g/mol. The summed E-state index contributed by atoms with van der Waals surface area (Å²) in [5.74, 6) is 0. The molecule has 98 valence electrons. The van der Waals surface area contributed by atoms with Crippen LogP contribution in [0.25, 0.3) is 0 Å². The fourth-order valence-electron chi connectivity index (χ4n) is 1.92. The predicted octanol–water partition coefficient (Wildman–Crippen LogP) is 6.68. The van der Waals surface area contributed by atoms with Crippen LogP contribution in [-0.4, -0.2) is 0 Å². The highest BCUT2D eigenvalue weighted by Gasteiger charge is 1.99. The molecule has 0 bridgehead atoms. The topological polar surface area (TPSA) is 0 Å². The van der Waals surface area contributed by atoms with Gasteiger partial charge in [-0.2, -0.15) is 0 Å². The van der Waals surface area contributed by atoms with Crippen molar-refractivity contribution in [1.29, 1.82) is 0 Å². The first kappa shape index (κ1) is 14.8. The van der Waals surface area contributed by atoms with E-state index in [9.17, 15) is 0 Å². The van der Waals surface area contributed by atoms with Crippen molar-refractivity contribution >= 4 is 54.5 Å². The summed E-state index contributed by atoms with van der Waals surface area (Å²) in [6, 6.07) is 8.76. The Bertz CT molecular complexity index is 429. The molecule has 2 aromatic heterocycles. The minimum Gasteiger partial charge on any atom is -0.133 e. The van der Waals surface area contributed by atoms with Crippen molar-refractivity contribution in [3.63, 3.8) is 0 Å². The van der Waals surface area contributed by atoms with Crippen LogP contribution in [0.5, 0.6) is 0 Å². The quantitative estimate of drug-likeness (QED) is 0.449. The van der Waals surface area contributed by atoms with Crippen LogP contribution in [-0.2, 0) is 12.8 Å². The summed E-state index contributed by atoms with van der Waals surface area (Å²) in [6.45, 7) is 0. The van der Waals surface area contributed by atoms with Crippen LogP contribution in [0.4, 0.5) is 0 Å². The highest BCUT2D eigenvalue weighted by molar-refractivity contribution is 9.11. The second kappa shape index (κ2) is 7.83. The van der Waals surface area contributed by atoms with E-state index < -0.39 is 0 Å². The summed E-state index contributed by atoms with van der Waals surface area (Å²) in [6.07, 6.45) is 7.81. The van der Waals surface area contributed by atoms with Crippen molar-refractivity contribution in [3.05, 3.63) is 41.6 Å². The summed E-state index contributed by atoms with van der Waals surface area (Å²) in [4.78, 5) is 3.01. The van der Waals surface area contributed by atoms with Gasteiger partial charge in [0.25, 0.3) is 0 Å². The molecular formula is C14H16Br2S2. The maximum Gasteiger partial charge on any atom is 0.0701 e. The molecule has 4 heteroatoms. The number of thiophene rings is 2. The van der Waals surface area contributed by atoms with Gasteiger partial charge < -0.3 is 0 Å². The number of rotatable bonds is 7. The fourth-order valence-corrected chi connectivity index (χ4v) is 4.97. The van der Waals surface area contributed by atoms with E-state index >= 15 is 0 Å². The minimum atomic E-state index is 1.24. The van der Waals surface area contributed by atoms with E-state index in [4.69, 9.17) is 0 Å². The van der Waals surface area contributed by atoms with Crippen molar-refractivity contribution in [2.24, 2.45) is 0 Å². The largest absolute Gasteiger partial charge is 0.133 e. The highest BCUT2D eigenvalue weighted by atomic mass is 79.9. The molecule has 18 heavy (non-hydrogen) atoms. The van der Waals surface area contributed by atoms with Gasteiger partial charge in [-0.25, -0.2) is 0 Å². The zero-order valence-corrected chi connectivity index (χ0v) is 14.9. The van der Waals surface area contributed by atoms with Crippen LogP contribution in [0, 0.1) is 0 Å². The Labute approximate surface area is 134 Å².